The molecular formula is C10H14F2N2O2. The lowest BCUT2D eigenvalue weighted by molar-refractivity contribution is 0.0746. The van der Waals surface area contributed by atoms with Gasteiger partial charge in [-0.25, -0.2) is 8.78 Å². The highest BCUT2D eigenvalue weighted by molar-refractivity contribution is 5.92. The predicted molar refractivity (Wildman–Crippen MR) is 54.5 cm³/mol. The van der Waals surface area contributed by atoms with Crippen molar-refractivity contribution in [3.8, 4) is 0 Å². The fourth-order valence-electron chi connectivity index (χ4n) is 1.36. The summed E-state index contributed by atoms with van der Waals surface area (Å²) in [4.78, 5) is 13.0. The van der Waals surface area contributed by atoms with Gasteiger partial charge in [-0.1, -0.05) is 0 Å². The number of aliphatic hydroxyl groups is 1. The Morgan fingerprint density at radius 2 is 2.31 bits per heavy atom. The maximum Gasteiger partial charge on any atom is 0.270 e. The van der Waals surface area contributed by atoms with Crippen molar-refractivity contribution in [3.05, 3.63) is 24.0 Å². The summed E-state index contributed by atoms with van der Waals surface area (Å²) in [7, 11) is 1.51. The molecule has 4 nitrogen and oxygen atoms in total. The molecule has 16 heavy (non-hydrogen) atoms. The molecule has 0 aromatic carbocycles. The van der Waals surface area contributed by atoms with E-state index >= 15 is 0 Å². The van der Waals surface area contributed by atoms with Crippen molar-refractivity contribution < 1.29 is 18.7 Å². The maximum atomic E-state index is 12.2. The Morgan fingerprint density at radius 3 is 2.88 bits per heavy atom. The standard InChI is InChI=1S/C10H14F2N2O2/c1-13(5-6-15)10(16)8-3-2-4-14(8)7-9(11)12/h2-4,9,15H,5-7H2,1H3. The van der Waals surface area contributed by atoms with Gasteiger partial charge in [0.15, 0.2) is 0 Å². The third-order valence-corrected chi connectivity index (χ3v) is 2.17. The van der Waals surface area contributed by atoms with E-state index in [0.29, 0.717) is 0 Å². The van der Waals surface area contributed by atoms with E-state index in [2.05, 4.69) is 0 Å². The molecule has 0 fully saturated rings. The zero-order valence-electron chi connectivity index (χ0n) is 8.94. The lowest BCUT2D eigenvalue weighted by Crippen LogP contribution is -2.31. The van der Waals surface area contributed by atoms with Crippen molar-refractivity contribution in [2.24, 2.45) is 0 Å². The van der Waals surface area contributed by atoms with E-state index in [-0.39, 0.29) is 24.8 Å². The van der Waals surface area contributed by atoms with Crippen LogP contribution in [0.1, 0.15) is 10.5 Å². The number of aromatic nitrogens is 1. The molecule has 90 valence electrons. The van der Waals surface area contributed by atoms with Crippen molar-refractivity contribution >= 4 is 5.91 Å². The number of hydrogen-bond acceptors (Lipinski definition) is 2. The number of alkyl halides is 2. The average Bonchev–Trinajstić information content (AvgIpc) is 2.64. The lowest BCUT2D eigenvalue weighted by Gasteiger charge is -2.17. The second-order valence-electron chi connectivity index (χ2n) is 3.39. The van der Waals surface area contributed by atoms with E-state index in [0.717, 1.165) is 0 Å². The third-order valence-electron chi connectivity index (χ3n) is 2.17. The van der Waals surface area contributed by atoms with Crippen LogP contribution < -0.4 is 0 Å². The molecule has 1 aromatic heterocycles. The number of nitrogens with zero attached hydrogens (tertiary/aromatic N) is 2. The van der Waals surface area contributed by atoms with E-state index in [1.165, 1.54) is 28.8 Å². The first-order valence-electron chi connectivity index (χ1n) is 4.86. The van der Waals surface area contributed by atoms with E-state index in [1.807, 2.05) is 0 Å². The maximum absolute atomic E-state index is 12.2. The van der Waals surface area contributed by atoms with Crippen LogP contribution in [-0.2, 0) is 6.54 Å². The smallest absolute Gasteiger partial charge is 0.270 e. The van der Waals surface area contributed by atoms with Gasteiger partial charge in [0, 0.05) is 19.8 Å². The van der Waals surface area contributed by atoms with Crippen LogP contribution in [0.2, 0.25) is 0 Å². The number of carbonyl (C=O) groups excluding carboxylic acids is 1. The normalized spacial score (nSPS) is 10.8. The van der Waals surface area contributed by atoms with Gasteiger partial charge in [-0.3, -0.25) is 4.79 Å². The fourth-order valence-corrected chi connectivity index (χ4v) is 1.36. The third kappa shape index (κ3) is 3.03. The van der Waals surface area contributed by atoms with Crippen LogP contribution in [0, 0.1) is 0 Å². The van der Waals surface area contributed by atoms with Gasteiger partial charge in [-0.15, -0.1) is 0 Å². The molecule has 0 radical (unpaired) electrons. The highest BCUT2D eigenvalue weighted by atomic mass is 19.3. The molecule has 0 saturated carbocycles. The SMILES string of the molecule is CN(CCO)C(=O)c1cccn1CC(F)F. The number of aliphatic hydroxyl groups excluding tert-OH is 1. The van der Waals surface area contributed by atoms with Crippen LogP contribution in [-0.4, -0.2) is 47.1 Å². The first-order valence-corrected chi connectivity index (χ1v) is 4.86. The van der Waals surface area contributed by atoms with Crippen molar-refractivity contribution in [1.82, 2.24) is 9.47 Å². The minimum Gasteiger partial charge on any atom is -0.395 e. The van der Waals surface area contributed by atoms with Crippen molar-refractivity contribution in [2.75, 3.05) is 20.2 Å². The van der Waals surface area contributed by atoms with Gasteiger partial charge < -0.3 is 14.6 Å². The Bertz CT molecular complexity index is 352. The molecule has 6 heteroatoms. The summed E-state index contributed by atoms with van der Waals surface area (Å²) >= 11 is 0. The quantitative estimate of drug-likeness (QED) is 0.816. The number of likely N-dealkylation sites (N-methyl/N-ethyl adjacent to an activating group) is 1. The summed E-state index contributed by atoms with van der Waals surface area (Å²) < 4.78 is 25.6. The predicted octanol–water partition coefficient (Wildman–Crippen LogP) is 0.817. The Labute approximate surface area is 92.1 Å². The van der Waals surface area contributed by atoms with Gasteiger partial charge in [0.25, 0.3) is 12.3 Å². The van der Waals surface area contributed by atoms with Crippen molar-refractivity contribution in [1.29, 1.82) is 0 Å². The van der Waals surface area contributed by atoms with Crippen molar-refractivity contribution in [2.45, 2.75) is 13.0 Å². The van der Waals surface area contributed by atoms with Gasteiger partial charge in [-0.2, -0.15) is 0 Å². The van der Waals surface area contributed by atoms with Crippen LogP contribution in [0.3, 0.4) is 0 Å². The lowest BCUT2D eigenvalue weighted by atomic mass is 10.3. The second kappa shape index (κ2) is 5.60. The molecule has 0 aliphatic carbocycles. The van der Waals surface area contributed by atoms with Gasteiger partial charge in [0.1, 0.15) is 5.69 Å². The van der Waals surface area contributed by atoms with Crippen LogP contribution in [0.25, 0.3) is 0 Å². The van der Waals surface area contributed by atoms with Crippen LogP contribution in [0.5, 0.6) is 0 Å². The molecule has 1 aromatic rings. The Morgan fingerprint density at radius 1 is 1.62 bits per heavy atom. The van der Waals surface area contributed by atoms with Gasteiger partial charge >= 0.3 is 0 Å². The van der Waals surface area contributed by atoms with E-state index < -0.39 is 13.0 Å². The minimum absolute atomic E-state index is 0.155. The fraction of sp³-hybridized carbons (Fsp3) is 0.500. The molecule has 0 unspecified atom stereocenters. The summed E-state index contributed by atoms with van der Waals surface area (Å²) in [5.74, 6) is -0.375. The van der Waals surface area contributed by atoms with Crippen molar-refractivity contribution in [3.63, 3.8) is 0 Å². The molecule has 0 spiro atoms. The minimum atomic E-state index is -2.50. The molecular weight excluding hydrogens is 218 g/mol. The largest absolute Gasteiger partial charge is 0.395 e. The molecule has 0 saturated heterocycles. The highest BCUT2D eigenvalue weighted by Crippen LogP contribution is 2.08. The summed E-state index contributed by atoms with van der Waals surface area (Å²) in [6.45, 7) is -0.475. The molecule has 1 N–H and O–H groups in total. The van der Waals surface area contributed by atoms with E-state index in [4.69, 9.17) is 5.11 Å². The van der Waals surface area contributed by atoms with E-state index in [1.54, 1.807) is 6.07 Å². The molecule has 1 amide bonds. The molecule has 0 aliphatic rings. The Kier molecular flexibility index (Phi) is 4.42. The zero-order valence-corrected chi connectivity index (χ0v) is 8.94. The monoisotopic (exact) mass is 232 g/mol. The molecule has 0 aliphatic heterocycles. The number of halogens is 2. The molecule has 1 rings (SSSR count). The topological polar surface area (TPSA) is 45.5 Å². The van der Waals surface area contributed by atoms with Gasteiger partial charge in [0.2, 0.25) is 0 Å². The van der Waals surface area contributed by atoms with Gasteiger partial charge in [-0.05, 0) is 12.1 Å². The molecule has 0 bridgehead atoms. The van der Waals surface area contributed by atoms with Crippen LogP contribution in [0.4, 0.5) is 8.78 Å². The molecule has 1 heterocycles. The summed E-state index contributed by atoms with van der Waals surface area (Å²) in [6, 6.07) is 3.03. The Hall–Kier alpha value is -1.43. The summed E-state index contributed by atoms with van der Waals surface area (Å²) in [6.07, 6.45) is -1.06. The average molecular weight is 232 g/mol. The number of amides is 1. The number of rotatable bonds is 5. The highest BCUT2D eigenvalue weighted by Gasteiger charge is 2.16. The number of hydrogen-bond donors (Lipinski definition) is 1. The summed E-state index contributed by atoms with van der Waals surface area (Å²) in [5.41, 5.74) is 0.205. The van der Waals surface area contributed by atoms with Crippen LogP contribution >= 0.6 is 0 Å². The second-order valence-corrected chi connectivity index (χ2v) is 3.39. The van der Waals surface area contributed by atoms with Gasteiger partial charge in [0.05, 0.1) is 13.2 Å². The summed E-state index contributed by atoms with van der Waals surface area (Å²) in [5, 5.41) is 8.68. The first-order chi connectivity index (χ1) is 7.56. The first kappa shape index (κ1) is 12.6. The Balaban J connectivity index is 2.79. The zero-order chi connectivity index (χ0) is 12.1. The number of carbonyl (C=O) groups is 1. The van der Waals surface area contributed by atoms with Crippen LogP contribution in [0.15, 0.2) is 18.3 Å². The molecule has 0 atom stereocenters. The van der Waals surface area contributed by atoms with E-state index in [9.17, 15) is 13.6 Å².